The van der Waals surface area contributed by atoms with Crippen LogP contribution in [0.3, 0.4) is 0 Å². The van der Waals surface area contributed by atoms with Crippen LogP contribution in [0.5, 0.6) is 5.88 Å². The number of ether oxygens (including phenoxy) is 1. The van der Waals surface area contributed by atoms with Crippen LogP contribution in [0.1, 0.15) is 115 Å². The van der Waals surface area contributed by atoms with E-state index in [-0.39, 0.29) is 12.6 Å². The van der Waals surface area contributed by atoms with Gasteiger partial charge in [0.1, 0.15) is 0 Å². The first kappa shape index (κ1) is 27.9. The number of nitrogens with zero attached hydrogens (tertiary/aromatic N) is 2. The van der Waals surface area contributed by atoms with Crippen LogP contribution in [0.15, 0.2) is 36.4 Å². The highest BCUT2D eigenvalue weighted by molar-refractivity contribution is 5.75. The molecule has 0 radical (unpaired) electrons. The summed E-state index contributed by atoms with van der Waals surface area (Å²) in [5.41, 5.74) is 1.82. The van der Waals surface area contributed by atoms with Gasteiger partial charge >= 0.3 is 0 Å². The van der Waals surface area contributed by atoms with Crippen LogP contribution in [0.4, 0.5) is 0 Å². The summed E-state index contributed by atoms with van der Waals surface area (Å²) in [5.74, 6) is 0.688. The lowest BCUT2D eigenvalue weighted by atomic mass is 10.0. The van der Waals surface area contributed by atoms with Crippen LogP contribution in [-0.4, -0.2) is 22.4 Å². The first-order chi connectivity index (χ1) is 16.7. The number of para-hydroxylation sites is 1. The lowest BCUT2D eigenvalue weighted by Crippen LogP contribution is -2.27. The molecular formula is C29H47N3O2. The lowest BCUT2D eigenvalue weighted by molar-refractivity contribution is -0.122. The van der Waals surface area contributed by atoms with Crippen LogP contribution >= 0.6 is 0 Å². The largest absolute Gasteiger partial charge is 0.456 e. The van der Waals surface area contributed by atoms with E-state index >= 15 is 0 Å². The summed E-state index contributed by atoms with van der Waals surface area (Å²) in [4.78, 5) is 12.1. The molecule has 0 spiro atoms. The van der Waals surface area contributed by atoms with Crippen LogP contribution in [0.25, 0.3) is 5.69 Å². The van der Waals surface area contributed by atoms with Gasteiger partial charge in [0.2, 0.25) is 11.8 Å². The number of carbonyl (C=O) groups excluding carboxylic acids is 1. The Labute approximate surface area is 207 Å². The third kappa shape index (κ3) is 12.2. The van der Waals surface area contributed by atoms with E-state index in [0.717, 1.165) is 24.2 Å². The Hall–Kier alpha value is -2.30. The van der Waals surface area contributed by atoms with Gasteiger partial charge in [0.15, 0.2) is 6.73 Å². The number of aromatic nitrogens is 2. The van der Waals surface area contributed by atoms with E-state index in [4.69, 9.17) is 4.74 Å². The number of benzene rings is 1. The number of amides is 1. The molecule has 5 nitrogen and oxygen atoms in total. The maximum atomic E-state index is 12.1. The first-order valence-corrected chi connectivity index (χ1v) is 13.7. The minimum Gasteiger partial charge on any atom is -0.456 e. The molecule has 0 aliphatic carbocycles. The molecule has 1 aromatic carbocycles. The van der Waals surface area contributed by atoms with Gasteiger partial charge in [-0.05, 0) is 25.5 Å². The quantitative estimate of drug-likeness (QED) is 0.158. The summed E-state index contributed by atoms with van der Waals surface area (Å²) < 4.78 is 7.54. The Morgan fingerprint density at radius 2 is 1.35 bits per heavy atom. The topological polar surface area (TPSA) is 56.1 Å². The summed E-state index contributed by atoms with van der Waals surface area (Å²) >= 11 is 0. The summed E-state index contributed by atoms with van der Waals surface area (Å²) in [5, 5.41) is 7.35. The lowest BCUT2D eigenvalue weighted by Gasteiger charge is -2.10. The SMILES string of the molecule is CCCCCCCCCCCCCCCCCC(=O)NCOc1cc(C)nn1-c1ccccc1. The molecule has 0 aliphatic heterocycles. The monoisotopic (exact) mass is 469 g/mol. The Bertz CT molecular complexity index is 773. The van der Waals surface area contributed by atoms with E-state index < -0.39 is 0 Å². The van der Waals surface area contributed by atoms with E-state index in [1.54, 1.807) is 4.68 Å². The molecule has 1 aromatic heterocycles. The number of aryl methyl sites for hydroxylation is 1. The number of hydrogen-bond acceptors (Lipinski definition) is 3. The molecule has 5 heteroatoms. The van der Waals surface area contributed by atoms with E-state index in [9.17, 15) is 4.79 Å². The second kappa shape index (κ2) is 18.1. The molecule has 2 aromatic rings. The Kier molecular flexibility index (Phi) is 14.9. The fourth-order valence-electron chi connectivity index (χ4n) is 4.27. The second-order valence-corrected chi connectivity index (χ2v) is 9.46. The molecule has 190 valence electrons. The fraction of sp³-hybridized carbons (Fsp3) is 0.655. The van der Waals surface area contributed by atoms with Crippen molar-refractivity contribution in [3.63, 3.8) is 0 Å². The zero-order chi connectivity index (χ0) is 24.3. The zero-order valence-corrected chi connectivity index (χ0v) is 21.7. The molecule has 0 aliphatic rings. The molecule has 2 rings (SSSR count). The molecule has 1 heterocycles. The van der Waals surface area contributed by atoms with Gasteiger partial charge in [0.05, 0.1) is 11.4 Å². The normalized spacial score (nSPS) is 11.0. The average Bonchev–Trinajstić information content (AvgIpc) is 3.22. The molecule has 0 saturated carbocycles. The Morgan fingerprint density at radius 3 is 1.91 bits per heavy atom. The van der Waals surface area contributed by atoms with Crippen molar-refractivity contribution >= 4 is 5.91 Å². The molecule has 1 N–H and O–H groups in total. The highest BCUT2D eigenvalue weighted by Crippen LogP contribution is 2.19. The van der Waals surface area contributed by atoms with Crippen molar-refractivity contribution in [2.24, 2.45) is 0 Å². The van der Waals surface area contributed by atoms with Gasteiger partial charge in [0.25, 0.3) is 0 Å². The van der Waals surface area contributed by atoms with Crippen LogP contribution in [0, 0.1) is 6.92 Å². The van der Waals surface area contributed by atoms with Gasteiger partial charge in [-0.2, -0.15) is 5.10 Å². The number of carbonyl (C=O) groups is 1. The van der Waals surface area contributed by atoms with Crippen molar-refractivity contribution in [3.05, 3.63) is 42.1 Å². The Morgan fingerprint density at radius 1 is 0.824 bits per heavy atom. The maximum absolute atomic E-state index is 12.1. The van der Waals surface area contributed by atoms with E-state index in [2.05, 4.69) is 17.3 Å². The molecule has 0 unspecified atom stereocenters. The third-order valence-corrected chi connectivity index (χ3v) is 6.30. The number of hydrogen-bond donors (Lipinski definition) is 1. The van der Waals surface area contributed by atoms with Crippen LogP contribution in [0.2, 0.25) is 0 Å². The van der Waals surface area contributed by atoms with Crippen molar-refractivity contribution < 1.29 is 9.53 Å². The molecule has 0 atom stereocenters. The first-order valence-electron chi connectivity index (χ1n) is 13.7. The van der Waals surface area contributed by atoms with Crippen molar-refractivity contribution in [2.75, 3.05) is 6.73 Å². The molecule has 34 heavy (non-hydrogen) atoms. The van der Waals surface area contributed by atoms with Crippen molar-refractivity contribution in [1.29, 1.82) is 0 Å². The van der Waals surface area contributed by atoms with Crippen molar-refractivity contribution in [2.45, 2.75) is 117 Å². The summed E-state index contributed by atoms with van der Waals surface area (Å²) in [6, 6.07) is 11.7. The van der Waals surface area contributed by atoms with Crippen LogP contribution in [-0.2, 0) is 4.79 Å². The zero-order valence-electron chi connectivity index (χ0n) is 21.7. The smallest absolute Gasteiger partial charge is 0.222 e. The van der Waals surface area contributed by atoms with E-state index in [1.165, 1.54) is 83.5 Å². The van der Waals surface area contributed by atoms with Gasteiger partial charge in [0, 0.05) is 12.5 Å². The van der Waals surface area contributed by atoms with E-state index in [0.29, 0.717) is 12.3 Å². The third-order valence-electron chi connectivity index (χ3n) is 6.30. The molecule has 0 saturated heterocycles. The van der Waals surface area contributed by atoms with E-state index in [1.807, 2.05) is 43.3 Å². The predicted molar refractivity (Wildman–Crippen MR) is 141 cm³/mol. The number of unbranched alkanes of at least 4 members (excludes halogenated alkanes) is 14. The second-order valence-electron chi connectivity index (χ2n) is 9.46. The van der Waals surface area contributed by atoms with Gasteiger partial charge in [-0.25, -0.2) is 4.68 Å². The van der Waals surface area contributed by atoms with Crippen molar-refractivity contribution in [3.8, 4) is 11.6 Å². The van der Waals surface area contributed by atoms with Crippen LogP contribution < -0.4 is 10.1 Å². The molecule has 0 fully saturated rings. The molecule has 0 bridgehead atoms. The summed E-state index contributed by atoms with van der Waals surface area (Å²) in [6.45, 7) is 4.37. The minimum absolute atomic E-state index is 0.0530. The maximum Gasteiger partial charge on any atom is 0.222 e. The number of nitrogens with one attached hydrogen (secondary N) is 1. The van der Waals surface area contributed by atoms with Crippen molar-refractivity contribution in [1.82, 2.24) is 15.1 Å². The molecule has 1 amide bonds. The number of rotatable bonds is 20. The summed E-state index contributed by atoms with van der Waals surface area (Å²) in [6.07, 6.45) is 20.5. The molecular weight excluding hydrogens is 422 g/mol. The highest BCUT2D eigenvalue weighted by Gasteiger charge is 2.09. The van der Waals surface area contributed by atoms with Gasteiger partial charge < -0.3 is 10.1 Å². The van der Waals surface area contributed by atoms with Gasteiger partial charge in [-0.3, -0.25) is 4.79 Å². The standard InChI is InChI=1S/C29H47N3O2/c1-3-4-5-6-7-8-9-10-11-12-13-14-15-16-20-23-28(33)30-25-34-29-24-26(2)31-32(29)27-21-18-17-19-22-27/h17-19,21-22,24H,3-16,20,23,25H2,1-2H3,(H,30,33). The minimum atomic E-state index is 0.0530. The fourth-order valence-corrected chi connectivity index (χ4v) is 4.27. The van der Waals surface area contributed by atoms with Gasteiger partial charge in [-0.15, -0.1) is 0 Å². The van der Waals surface area contributed by atoms with Gasteiger partial charge in [-0.1, -0.05) is 115 Å². The summed E-state index contributed by atoms with van der Waals surface area (Å²) in [7, 11) is 0. The average molecular weight is 470 g/mol. The highest BCUT2D eigenvalue weighted by atomic mass is 16.5. The Balaban J connectivity index is 1.42. The predicted octanol–water partition coefficient (Wildman–Crippen LogP) is 7.89.